The second-order valence-corrected chi connectivity index (χ2v) is 32.9. The number of phosphoric acid groups is 4. The third-order valence-electron chi connectivity index (χ3n) is 17.8. The molecule has 16 rings (SSSR count). The van der Waals surface area contributed by atoms with E-state index in [1.54, 1.807) is 4.98 Å². The maximum atomic E-state index is 15.7. The number of fused-ring (bicyclic) bond motifs is 4. The van der Waals surface area contributed by atoms with Crippen molar-refractivity contribution in [1.82, 2.24) is 38.2 Å². The van der Waals surface area contributed by atoms with Crippen LogP contribution in [0.15, 0.2) is 136 Å². The first-order valence-electron chi connectivity index (χ1n) is 37.8. The standard InChI is InChI=1S/4C18H15F2N2O8P/c4*1-2-10-7-22(17(25)21-15(10)24)16-13(23)6-18(20,29-16)9-28-31(26)27-8-11-5-12(19)3-4-14(11)30-31/h4*1,3-5,7,13,16,23H,6,8-9H2,(H,21,24,25)/t4*13-,16-,18+,31?/m1111/s1/i9D2,16D;16D;9D2;. The van der Waals surface area contributed by atoms with Crippen LogP contribution in [0.4, 0.5) is 35.1 Å². The molecule has 52 heteroatoms. The molecule has 4 saturated heterocycles. The molecule has 124 heavy (non-hydrogen) atoms. The maximum absolute atomic E-state index is 15.7. The predicted octanol–water partition coefficient (Wildman–Crippen LogP) is 5.35. The molecule has 0 aliphatic carbocycles. The largest absolute Gasteiger partial charge is 0.530 e. The number of ether oxygens (including phenoxy) is 4. The third kappa shape index (κ3) is 20.2. The van der Waals surface area contributed by atoms with Crippen LogP contribution in [0.2, 0.25) is 0 Å². The number of aliphatic hydroxyl groups is 4. The second-order valence-electron chi connectivity index (χ2n) is 26.6. The van der Waals surface area contributed by atoms with Crippen molar-refractivity contribution in [2.75, 3.05) is 26.3 Å². The first kappa shape index (κ1) is 82.4. The Labute approximate surface area is 694 Å². The van der Waals surface area contributed by atoms with E-state index >= 15 is 17.6 Å². The van der Waals surface area contributed by atoms with Crippen molar-refractivity contribution in [1.29, 1.82) is 0 Å². The number of nitrogens with one attached hydrogen (secondary N) is 4. The molecule has 4 fully saturated rings. The minimum absolute atomic E-state index is 0.0118. The lowest BCUT2D eigenvalue weighted by molar-refractivity contribution is -0.179. The normalized spacial score (nSPS) is 31.9. The van der Waals surface area contributed by atoms with Gasteiger partial charge in [-0.2, -0.15) is 0 Å². The lowest BCUT2D eigenvalue weighted by atomic mass is 10.2. The van der Waals surface area contributed by atoms with E-state index in [4.69, 9.17) is 107 Å². The molecule has 16 atom stereocenters. The summed E-state index contributed by atoms with van der Waals surface area (Å²) in [4.78, 5) is 102. The number of halogens is 8. The van der Waals surface area contributed by atoms with Crippen LogP contribution in [-0.2, 0) is 99.8 Å². The fourth-order valence-electron chi connectivity index (χ4n) is 12.0. The molecule has 12 heterocycles. The van der Waals surface area contributed by atoms with E-state index in [0.717, 1.165) is 83.8 Å². The molecule has 8 aliphatic heterocycles. The van der Waals surface area contributed by atoms with Gasteiger partial charge in [-0.05, 0) is 72.8 Å². The van der Waals surface area contributed by atoms with Gasteiger partial charge in [-0.1, -0.05) is 23.7 Å². The summed E-state index contributed by atoms with van der Waals surface area (Å²) in [5.41, 5.74) is -8.73. The Bertz CT molecular complexity index is 6830. The molecule has 0 saturated carbocycles. The first-order valence-corrected chi connectivity index (χ1v) is 40.7. The Balaban J connectivity index is 0.000000148. The highest BCUT2D eigenvalue weighted by Gasteiger charge is 2.55. The van der Waals surface area contributed by atoms with Gasteiger partial charge in [0, 0.05) is 72.7 Å². The topological polar surface area (TPSA) is 516 Å². The number of aliphatic hydroxyl groups excluding tert-OH is 4. The minimum Gasteiger partial charge on any atom is -0.404 e. The van der Waals surface area contributed by atoms with E-state index in [0.29, 0.717) is 20.9 Å². The number of hydrogen-bond donors (Lipinski definition) is 8. The molecule has 656 valence electrons. The number of alkyl halides is 4. The van der Waals surface area contributed by atoms with Gasteiger partial charge in [0.2, 0.25) is 23.4 Å². The van der Waals surface area contributed by atoms with Crippen LogP contribution in [0, 0.1) is 72.6 Å². The van der Waals surface area contributed by atoms with Crippen LogP contribution in [0.3, 0.4) is 0 Å². The predicted molar refractivity (Wildman–Crippen MR) is 397 cm³/mol. The first-order chi connectivity index (χ1) is 60.7. The van der Waals surface area contributed by atoms with Gasteiger partial charge in [0.25, 0.3) is 22.2 Å². The maximum Gasteiger partial charge on any atom is 0.530 e. The van der Waals surface area contributed by atoms with Gasteiger partial charge in [-0.15, -0.1) is 25.7 Å². The lowest BCUT2D eigenvalue weighted by Gasteiger charge is -2.27. The van der Waals surface area contributed by atoms with Crippen molar-refractivity contribution in [3.05, 3.63) is 249 Å². The number of aromatic amines is 4. The molecule has 8 N–H and O–H groups in total. The van der Waals surface area contributed by atoms with Crippen molar-refractivity contribution >= 4 is 31.3 Å². The van der Waals surface area contributed by atoms with Crippen molar-refractivity contribution in [2.24, 2.45) is 0 Å². The van der Waals surface area contributed by atoms with Gasteiger partial charge >= 0.3 is 54.0 Å². The molecular formula is C72H60F8N8O32P4. The fraction of sp³-hybridized carbons (Fsp3) is 0.333. The summed E-state index contributed by atoms with van der Waals surface area (Å²) in [7, 11) is -18.2. The summed E-state index contributed by atoms with van der Waals surface area (Å²) < 4.78 is 296. The van der Waals surface area contributed by atoms with Crippen LogP contribution < -0.4 is 63.1 Å². The summed E-state index contributed by atoms with van der Waals surface area (Å²) in [6.45, 7) is -10.9. The zero-order valence-electron chi connectivity index (χ0n) is 67.9. The molecule has 4 aromatic heterocycles. The Morgan fingerprint density at radius 1 is 0.403 bits per heavy atom. The van der Waals surface area contributed by atoms with E-state index in [-0.39, 0.29) is 74.2 Å². The smallest absolute Gasteiger partial charge is 0.404 e. The Hall–Kier alpha value is -11.2. The summed E-state index contributed by atoms with van der Waals surface area (Å²) in [6, 6.07) is 13.0. The molecule has 8 aromatic rings. The zero-order valence-corrected chi connectivity index (χ0v) is 65.5. The average molecular weight is 1830 g/mol. The molecule has 0 amide bonds. The monoisotopic (exact) mass is 1830 g/mol. The number of terminal acetylenes is 4. The highest BCUT2D eigenvalue weighted by atomic mass is 31.2. The molecule has 0 spiro atoms. The van der Waals surface area contributed by atoms with Gasteiger partial charge in [-0.25, -0.2) is 72.6 Å². The molecule has 4 unspecified atom stereocenters. The number of nitrogens with zero attached hydrogens (tertiary/aromatic N) is 4. The highest BCUT2D eigenvalue weighted by Crippen LogP contribution is 2.60. The molecule has 0 radical (unpaired) electrons. The van der Waals surface area contributed by atoms with Crippen molar-refractivity contribution in [2.45, 2.75) is 125 Å². The highest BCUT2D eigenvalue weighted by molar-refractivity contribution is 7.49. The number of benzene rings is 4. The van der Waals surface area contributed by atoms with E-state index in [2.05, 4.69) is 5.92 Å². The quantitative estimate of drug-likeness (QED) is 0.0343. The number of H-pyrrole nitrogens is 4. The average Bonchev–Trinajstić information content (AvgIpc) is 1.59. The van der Waals surface area contributed by atoms with Crippen LogP contribution in [0.5, 0.6) is 23.0 Å². The van der Waals surface area contributed by atoms with Crippen LogP contribution in [-0.4, -0.2) is 133 Å². The van der Waals surface area contributed by atoms with Gasteiger partial charge < -0.3 is 57.5 Å². The minimum atomic E-state index is -4.84. The van der Waals surface area contributed by atoms with Crippen molar-refractivity contribution in [3.8, 4) is 72.4 Å². The molecule has 8 aliphatic rings. The summed E-state index contributed by atoms with van der Waals surface area (Å²) in [5, 5.41) is 41.1. The van der Waals surface area contributed by atoms with Crippen LogP contribution in [0.25, 0.3) is 0 Å². The Kier molecular flexibility index (Phi) is 23.5. The number of aromatic nitrogens is 8. The Morgan fingerprint density at radius 3 is 0.976 bits per heavy atom. The molecule has 0 bridgehead atoms. The number of rotatable bonds is 16. The van der Waals surface area contributed by atoms with Gasteiger partial charge in [-0.3, -0.25) is 93.6 Å². The number of hydrogen-bond acceptors (Lipinski definition) is 32. The van der Waals surface area contributed by atoms with Gasteiger partial charge in [0.1, 0.15) is 119 Å². The number of phosphoric ester groups is 4. The van der Waals surface area contributed by atoms with E-state index in [1.807, 2.05) is 32.7 Å². The fourth-order valence-corrected chi connectivity index (χ4v) is 16.7. The van der Waals surface area contributed by atoms with E-state index < -0.39 is 243 Å². The Morgan fingerprint density at radius 2 is 0.653 bits per heavy atom. The van der Waals surface area contributed by atoms with Gasteiger partial charge in [0.05, 0.1) is 34.7 Å². The summed E-state index contributed by atoms with van der Waals surface area (Å²) in [6.07, 6.45) is 3.48. The SMILES string of the molecule is C#Cc1cn([C@@H]2O[C@](F)(COP3(=O)OCc4cc(F)ccc4O3)C[C@H]2O)c(=O)[nH]c1=O.[2H]C([2H])(OP1(=O)OCc2cc(F)ccc2O1)[C@]1(F)C[C@@H](O)[C@H](n2cc(C#C)c(=O)[nH]c2=O)O1.[2H]C([2H])(OP1(=O)OCc2cc(F)ccc2O1)[C@]1(F)C[C@@H](O)[C@]([2H])(n2cc(C#C)c(=O)[nH]c2=O)O1.[2H][C@@]1(n2cc(C#C)c(=O)[nH]c2=O)O[C@](F)(COP2(=O)OCc3cc(F)ccc3O2)C[C@H]1O. The van der Waals surface area contributed by atoms with Crippen LogP contribution in [0.1, 0.15) is 103 Å². The van der Waals surface area contributed by atoms with Crippen molar-refractivity contribution < 1.29 is 155 Å². The van der Waals surface area contributed by atoms with Crippen molar-refractivity contribution in [3.63, 3.8) is 0 Å². The van der Waals surface area contributed by atoms with Gasteiger partial charge in [0.15, 0.2) is 24.9 Å². The summed E-state index contributed by atoms with van der Waals surface area (Å²) >= 11 is 0. The zero-order chi connectivity index (χ0) is 95.0. The van der Waals surface area contributed by atoms with E-state index in [1.165, 1.54) is 12.1 Å². The molecular weight excluding hydrogens is 1760 g/mol. The van der Waals surface area contributed by atoms with E-state index in [9.17, 15) is 94.6 Å². The summed E-state index contributed by atoms with van der Waals surface area (Å²) in [5.74, 6) is -7.34. The molecule has 4 aromatic carbocycles. The third-order valence-corrected chi connectivity index (χ3v) is 22.7. The van der Waals surface area contributed by atoms with Crippen LogP contribution >= 0.6 is 31.3 Å². The second kappa shape index (κ2) is 35.4. The molecule has 40 nitrogen and oxygen atoms in total. The lowest BCUT2D eigenvalue weighted by Crippen LogP contribution is -2.37.